The third-order valence-electron chi connectivity index (χ3n) is 4.78. The number of aromatic nitrogens is 3. The zero-order chi connectivity index (χ0) is 24.4. The number of hydrogen-bond donors (Lipinski definition) is 0. The van der Waals surface area contributed by atoms with Gasteiger partial charge in [0, 0.05) is 33.1 Å². The van der Waals surface area contributed by atoms with Gasteiger partial charge in [0.25, 0.3) is 11.2 Å². The number of pyridine rings is 1. The Morgan fingerprint density at radius 1 is 1.21 bits per heavy atom. The maximum absolute atomic E-state index is 13.2. The first-order valence-electron chi connectivity index (χ1n) is 10.1. The Kier molecular flexibility index (Phi) is 6.71. The van der Waals surface area contributed by atoms with E-state index in [0.717, 1.165) is 10.7 Å². The van der Waals surface area contributed by atoms with Crippen molar-refractivity contribution in [3.8, 4) is 11.6 Å². The molecule has 0 aliphatic carbocycles. The number of nitrogens with zero attached hydrogens (tertiary/aromatic N) is 5. The van der Waals surface area contributed by atoms with Crippen molar-refractivity contribution in [1.29, 1.82) is 0 Å². The normalized spacial score (nSPS) is 11.4. The molecule has 0 N–H and O–H groups in total. The Balaban J connectivity index is 1.76. The Hall–Kier alpha value is -3.63. The molecule has 2 aromatic heterocycles. The highest BCUT2D eigenvalue weighted by atomic mass is 79.9. The highest BCUT2D eigenvalue weighted by Crippen LogP contribution is 2.27. The van der Waals surface area contributed by atoms with E-state index in [9.17, 15) is 14.9 Å². The molecule has 2 heterocycles. The number of benzene rings is 2. The van der Waals surface area contributed by atoms with Crippen LogP contribution in [-0.4, -0.2) is 25.8 Å². The largest absolute Gasteiger partial charge is 0.438 e. The van der Waals surface area contributed by atoms with Crippen molar-refractivity contribution >= 4 is 50.3 Å². The Bertz CT molecular complexity index is 1490. The van der Waals surface area contributed by atoms with Gasteiger partial charge in [-0.25, -0.2) is 9.97 Å². The van der Waals surface area contributed by atoms with Crippen LogP contribution in [0.15, 0.2) is 69.1 Å². The summed E-state index contributed by atoms with van der Waals surface area (Å²) in [5, 5.41) is 16.1. The number of nitro groups is 1. The molecule has 0 fully saturated rings. The van der Waals surface area contributed by atoms with Crippen LogP contribution in [-0.2, 0) is 0 Å². The summed E-state index contributed by atoms with van der Waals surface area (Å²) in [6.07, 6.45) is 2.55. The second-order valence-electron chi connectivity index (χ2n) is 7.54. The van der Waals surface area contributed by atoms with Crippen molar-refractivity contribution in [2.45, 2.75) is 19.8 Å². The van der Waals surface area contributed by atoms with Gasteiger partial charge in [-0.2, -0.15) is 9.78 Å². The fourth-order valence-corrected chi connectivity index (χ4v) is 3.68. The molecule has 34 heavy (non-hydrogen) atoms. The van der Waals surface area contributed by atoms with Crippen molar-refractivity contribution in [1.82, 2.24) is 14.6 Å². The maximum atomic E-state index is 13.2. The molecule has 0 radical (unpaired) electrons. The summed E-state index contributed by atoms with van der Waals surface area (Å²) in [6.45, 7) is 3.85. The number of rotatable bonds is 6. The topological polar surface area (TPSA) is 113 Å². The first-order chi connectivity index (χ1) is 16.2. The van der Waals surface area contributed by atoms with E-state index in [1.54, 1.807) is 30.3 Å². The van der Waals surface area contributed by atoms with Gasteiger partial charge in [-0.1, -0.05) is 41.4 Å². The van der Waals surface area contributed by atoms with Gasteiger partial charge < -0.3 is 4.74 Å². The molecule has 0 saturated carbocycles. The third kappa shape index (κ3) is 4.97. The van der Waals surface area contributed by atoms with E-state index in [-0.39, 0.29) is 23.0 Å². The van der Waals surface area contributed by atoms with E-state index in [1.807, 2.05) is 19.9 Å². The quantitative estimate of drug-likeness (QED) is 0.170. The van der Waals surface area contributed by atoms with Crippen LogP contribution in [0, 0.1) is 10.1 Å². The predicted molar refractivity (Wildman–Crippen MR) is 133 cm³/mol. The molecule has 4 aromatic rings. The molecule has 0 amide bonds. The van der Waals surface area contributed by atoms with Gasteiger partial charge in [-0.3, -0.25) is 14.9 Å². The van der Waals surface area contributed by atoms with Crippen LogP contribution < -0.4 is 10.3 Å². The van der Waals surface area contributed by atoms with E-state index in [2.05, 4.69) is 31.0 Å². The molecular formula is C23H17BrClN5O4. The lowest BCUT2D eigenvalue weighted by Crippen LogP contribution is -2.23. The van der Waals surface area contributed by atoms with Gasteiger partial charge in [0.1, 0.15) is 17.8 Å². The molecule has 0 unspecified atom stereocenters. The lowest BCUT2D eigenvalue weighted by atomic mass is 10.2. The van der Waals surface area contributed by atoms with E-state index in [1.165, 1.54) is 23.0 Å². The van der Waals surface area contributed by atoms with Crippen LogP contribution in [0.5, 0.6) is 11.6 Å². The molecule has 0 saturated heterocycles. The summed E-state index contributed by atoms with van der Waals surface area (Å²) in [6, 6.07) is 12.9. The lowest BCUT2D eigenvalue weighted by molar-refractivity contribution is -0.385. The third-order valence-corrected chi connectivity index (χ3v) is 5.51. The monoisotopic (exact) mass is 541 g/mol. The summed E-state index contributed by atoms with van der Waals surface area (Å²) < 4.78 is 7.80. The van der Waals surface area contributed by atoms with Gasteiger partial charge in [-0.05, 0) is 36.4 Å². The average Bonchev–Trinajstić information content (AvgIpc) is 2.80. The molecule has 4 rings (SSSR count). The minimum atomic E-state index is -0.544. The molecular weight excluding hydrogens is 526 g/mol. The molecule has 0 spiro atoms. The second kappa shape index (κ2) is 9.70. The summed E-state index contributed by atoms with van der Waals surface area (Å²) >= 11 is 9.56. The van der Waals surface area contributed by atoms with Gasteiger partial charge in [-0.15, -0.1) is 0 Å². The number of ether oxygens (including phenoxy) is 1. The molecule has 0 aliphatic heterocycles. The first-order valence-corrected chi connectivity index (χ1v) is 11.2. The van der Waals surface area contributed by atoms with Crippen LogP contribution in [0.4, 0.5) is 5.69 Å². The lowest BCUT2D eigenvalue weighted by Gasteiger charge is -2.12. The molecule has 2 aromatic carbocycles. The average molecular weight is 543 g/mol. The molecule has 0 bridgehead atoms. The van der Waals surface area contributed by atoms with Crippen LogP contribution in [0.3, 0.4) is 0 Å². The number of halogens is 2. The summed E-state index contributed by atoms with van der Waals surface area (Å²) in [4.78, 5) is 32.1. The minimum absolute atomic E-state index is 0.0720. The van der Waals surface area contributed by atoms with Crippen molar-refractivity contribution in [2.75, 3.05) is 0 Å². The SMILES string of the molecule is CC(C)c1nc2ccc(Br)cc2c(=O)n1N=Cc1cc(Cl)ccc1Oc1ccc([N+](=O)[O-])cn1. The van der Waals surface area contributed by atoms with Crippen LogP contribution in [0.1, 0.15) is 31.2 Å². The van der Waals surface area contributed by atoms with Crippen LogP contribution in [0.25, 0.3) is 10.9 Å². The Morgan fingerprint density at radius 2 is 2.00 bits per heavy atom. The number of hydrogen-bond acceptors (Lipinski definition) is 7. The summed E-state index contributed by atoms with van der Waals surface area (Å²) in [7, 11) is 0. The van der Waals surface area contributed by atoms with E-state index >= 15 is 0 Å². The minimum Gasteiger partial charge on any atom is -0.438 e. The van der Waals surface area contributed by atoms with Crippen molar-refractivity contribution in [3.05, 3.63) is 96.1 Å². The highest BCUT2D eigenvalue weighted by molar-refractivity contribution is 9.10. The van der Waals surface area contributed by atoms with Crippen molar-refractivity contribution < 1.29 is 9.66 Å². The van der Waals surface area contributed by atoms with Crippen molar-refractivity contribution in [3.63, 3.8) is 0 Å². The first kappa shape index (κ1) is 23.5. The van der Waals surface area contributed by atoms with Gasteiger partial charge in [0.05, 0.1) is 22.0 Å². The maximum Gasteiger partial charge on any atom is 0.287 e. The zero-order valence-corrected chi connectivity index (χ0v) is 20.3. The predicted octanol–water partition coefficient (Wildman–Crippen LogP) is 5.91. The molecule has 11 heteroatoms. The fraction of sp³-hybridized carbons (Fsp3) is 0.130. The molecule has 0 aliphatic rings. The van der Waals surface area contributed by atoms with Gasteiger partial charge in [0.2, 0.25) is 5.88 Å². The van der Waals surface area contributed by atoms with Crippen LogP contribution >= 0.6 is 27.5 Å². The molecule has 172 valence electrons. The van der Waals surface area contributed by atoms with Gasteiger partial charge >= 0.3 is 0 Å². The van der Waals surface area contributed by atoms with Crippen molar-refractivity contribution in [2.24, 2.45) is 5.10 Å². The Morgan fingerprint density at radius 3 is 2.68 bits per heavy atom. The summed E-state index contributed by atoms with van der Waals surface area (Å²) in [5.41, 5.74) is 0.594. The zero-order valence-electron chi connectivity index (χ0n) is 18.0. The number of fused-ring (bicyclic) bond motifs is 1. The fourth-order valence-electron chi connectivity index (χ4n) is 3.14. The van der Waals surface area contributed by atoms with E-state index < -0.39 is 4.92 Å². The summed E-state index contributed by atoms with van der Waals surface area (Å²) in [5.74, 6) is 0.930. The smallest absolute Gasteiger partial charge is 0.287 e. The Labute approximate surface area is 207 Å². The second-order valence-corrected chi connectivity index (χ2v) is 8.90. The highest BCUT2D eigenvalue weighted by Gasteiger charge is 2.14. The van der Waals surface area contributed by atoms with Gasteiger partial charge in [0.15, 0.2) is 0 Å². The van der Waals surface area contributed by atoms with Crippen LogP contribution in [0.2, 0.25) is 5.02 Å². The van der Waals surface area contributed by atoms with E-state index in [4.69, 9.17) is 16.3 Å². The molecule has 9 nitrogen and oxygen atoms in total. The standard InChI is InChI=1S/C23H17BrClN5O4/c1-13(2)22-28-19-6-3-15(24)10-18(19)23(31)29(22)27-11-14-9-16(25)4-7-20(14)34-21-8-5-17(12-26-21)30(32)33/h3-13H,1-2H3. The van der Waals surface area contributed by atoms with E-state index in [0.29, 0.717) is 33.1 Å². The molecule has 0 atom stereocenters.